The van der Waals surface area contributed by atoms with Gasteiger partial charge in [-0.25, -0.2) is 4.57 Å². The highest BCUT2D eigenvalue weighted by Crippen LogP contribution is 2.37. The lowest BCUT2D eigenvalue weighted by Crippen LogP contribution is -2.60. The lowest BCUT2D eigenvalue weighted by atomic mass is 10.00. The maximum Gasteiger partial charge on any atom is 0.524 e. The number of aliphatic carboxylic acids is 1. The van der Waals surface area contributed by atoms with E-state index >= 15 is 0 Å². The second-order valence-corrected chi connectivity index (χ2v) is 15.6. The van der Waals surface area contributed by atoms with Crippen LogP contribution >= 0.6 is 7.82 Å². The Labute approximate surface area is 351 Å². The van der Waals surface area contributed by atoms with Crippen molar-refractivity contribution < 1.29 is 72.2 Å². The average molecular weight is 888 g/mol. The first kappa shape index (κ1) is 53.3. The summed E-state index contributed by atoms with van der Waals surface area (Å²) in [5.74, 6) is -9.03. The van der Waals surface area contributed by atoms with Gasteiger partial charge in [-0.3, -0.25) is 52.9 Å². The Morgan fingerprint density at radius 2 is 1.13 bits per heavy atom. The largest absolute Gasteiger partial charge is 0.524 e. The van der Waals surface area contributed by atoms with Crippen LogP contribution in [-0.2, 0) is 54.1 Å². The number of hydrogen-bond acceptors (Lipinski definition) is 13. The first-order valence-electron chi connectivity index (χ1n) is 19.2. The molecular formula is C36H58N9O15P. The molecule has 0 heterocycles. The molecule has 0 saturated carbocycles. The van der Waals surface area contributed by atoms with Crippen LogP contribution in [0.4, 0.5) is 0 Å². The lowest BCUT2D eigenvalue weighted by molar-refractivity contribution is -0.139. The molecule has 0 unspecified atom stereocenters. The Morgan fingerprint density at radius 3 is 1.56 bits per heavy atom. The molecule has 0 aliphatic carbocycles. The Morgan fingerprint density at radius 1 is 0.672 bits per heavy atom. The number of hydrogen-bond donors (Lipinski definition) is 13. The molecular weight excluding hydrogens is 829 g/mol. The number of phosphoric ester groups is 1. The Bertz CT molecular complexity index is 1740. The molecule has 1 aromatic rings. The van der Waals surface area contributed by atoms with E-state index in [1.807, 2.05) is 0 Å². The summed E-state index contributed by atoms with van der Waals surface area (Å²) >= 11 is 0. The second-order valence-electron chi connectivity index (χ2n) is 14.4. The number of nitrogens with two attached hydrogens (primary N) is 3. The minimum Gasteiger partial charge on any atom is -0.481 e. The van der Waals surface area contributed by atoms with Crippen LogP contribution in [-0.4, -0.2) is 123 Å². The number of aliphatic hydroxyl groups excluding tert-OH is 1. The van der Waals surface area contributed by atoms with Crippen molar-refractivity contribution in [3.8, 4) is 5.75 Å². The van der Waals surface area contributed by atoms with Crippen LogP contribution in [0.3, 0.4) is 0 Å². The second kappa shape index (κ2) is 26.5. The average Bonchev–Trinajstić information content (AvgIpc) is 3.15. The van der Waals surface area contributed by atoms with E-state index in [0.717, 1.165) is 0 Å². The van der Waals surface area contributed by atoms with Crippen LogP contribution in [0, 0.1) is 5.92 Å². The monoisotopic (exact) mass is 887 g/mol. The number of carbonyl (C=O) groups is 9. The van der Waals surface area contributed by atoms with E-state index < -0.39 is 130 Å². The number of nitrogens with one attached hydrogen (secondary N) is 6. The number of rotatable bonds is 29. The summed E-state index contributed by atoms with van der Waals surface area (Å²) in [6.07, 6.45) is -1.43. The van der Waals surface area contributed by atoms with E-state index in [1.165, 1.54) is 31.2 Å². The zero-order valence-corrected chi connectivity index (χ0v) is 35.0. The number of phosphoric acid groups is 1. The highest BCUT2D eigenvalue weighted by Gasteiger charge is 2.34. The molecule has 0 bridgehead atoms. The highest BCUT2D eigenvalue weighted by molar-refractivity contribution is 7.46. The van der Waals surface area contributed by atoms with Crippen LogP contribution in [0.25, 0.3) is 0 Å². The molecule has 8 amide bonds. The molecule has 0 radical (unpaired) electrons. The van der Waals surface area contributed by atoms with Crippen molar-refractivity contribution in [2.45, 2.75) is 115 Å². The summed E-state index contributed by atoms with van der Waals surface area (Å²) in [7, 11) is -4.84. The third-order valence-electron chi connectivity index (χ3n) is 8.64. The van der Waals surface area contributed by atoms with Gasteiger partial charge < -0.3 is 63.8 Å². The SMILES string of the molecule is CC(=O)N[C@@H](Cc1ccc(OP(=O)(O)O)cc1)C(=O)N[C@@H](CC(C)C)C(=O)N[C@@H](CCCCN)C(=O)N[C@@H](CCC(N)=O)C(=O)N[C@@H](CCC(=O)O)C(=O)N[C@@H](CO)C(N)=O. The molecule has 0 saturated heterocycles. The fourth-order valence-electron chi connectivity index (χ4n) is 5.64. The molecule has 0 aliphatic heterocycles. The zero-order chi connectivity index (χ0) is 46.4. The van der Waals surface area contributed by atoms with Gasteiger partial charge in [0.15, 0.2) is 0 Å². The van der Waals surface area contributed by atoms with E-state index in [-0.39, 0.29) is 37.5 Å². The summed E-state index contributed by atoms with van der Waals surface area (Å²) in [4.78, 5) is 133. The minimum absolute atomic E-state index is 0.0309. The lowest BCUT2D eigenvalue weighted by Gasteiger charge is -2.28. The van der Waals surface area contributed by atoms with Crippen molar-refractivity contribution in [1.82, 2.24) is 31.9 Å². The normalized spacial score (nSPS) is 14.2. The number of carbonyl (C=O) groups excluding carboxylic acids is 8. The van der Waals surface area contributed by atoms with Gasteiger partial charge in [0, 0.05) is 26.2 Å². The fourth-order valence-corrected chi connectivity index (χ4v) is 6.04. The smallest absolute Gasteiger partial charge is 0.481 e. The third kappa shape index (κ3) is 21.9. The number of amides is 8. The van der Waals surface area contributed by atoms with Gasteiger partial charge >= 0.3 is 13.8 Å². The maximum absolute atomic E-state index is 13.9. The quantitative estimate of drug-likeness (QED) is 0.0273. The molecule has 0 spiro atoms. The third-order valence-corrected chi connectivity index (χ3v) is 9.08. The van der Waals surface area contributed by atoms with Gasteiger partial charge in [-0.15, -0.1) is 0 Å². The predicted molar refractivity (Wildman–Crippen MR) is 214 cm³/mol. The van der Waals surface area contributed by atoms with Crippen molar-refractivity contribution in [2.75, 3.05) is 13.2 Å². The Balaban J connectivity index is 3.40. The molecule has 24 nitrogen and oxygen atoms in total. The van der Waals surface area contributed by atoms with Gasteiger partial charge in [-0.2, -0.15) is 0 Å². The summed E-state index contributed by atoms with van der Waals surface area (Å²) in [5, 5.41) is 33.1. The molecule has 1 aromatic carbocycles. The predicted octanol–water partition coefficient (Wildman–Crippen LogP) is -3.59. The highest BCUT2D eigenvalue weighted by atomic mass is 31.2. The van der Waals surface area contributed by atoms with Crippen LogP contribution in [0.15, 0.2) is 24.3 Å². The molecule has 0 aliphatic rings. The van der Waals surface area contributed by atoms with Crippen molar-refractivity contribution in [2.24, 2.45) is 23.1 Å². The molecule has 0 aromatic heterocycles. The van der Waals surface area contributed by atoms with Crippen molar-refractivity contribution >= 4 is 61.0 Å². The fraction of sp³-hybridized carbons (Fsp3) is 0.583. The molecule has 61 heavy (non-hydrogen) atoms. The minimum atomic E-state index is -4.84. The summed E-state index contributed by atoms with van der Waals surface area (Å²) in [6, 6.07) is -3.39. The van der Waals surface area contributed by atoms with E-state index in [4.69, 9.17) is 27.0 Å². The standard InChI is InChI=1S/C36H58N9O15P/c1-19(2)16-26(44-36(56)27(40-20(3)47)17-21-7-9-22(10-8-21)60-61(57,58)59)35(55)41-23(6-4-5-15-37)32(52)42-24(11-13-29(38)48)33(53)43-25(12-14-30(49)50)34(54)45-28(18-46)31(39)51/h7-10,19,23-28,46H,4-6,11-18,37H2,1-3H3,(H2,38,48)(H2,39,51)(H,40,47)(H,41,55)(H,42,52)(H,43,53)(H,44,56)(H,45,54)(H,49,50)(H2,57,58,59)/t23-,24-,25-,26-,27-,28-/m0/s1. The Kier molecular flexibility index (Phi) is 23.2. The maximum atomic E-state index is 13.9. The van der Waals surface area contributed by atoms with Crippen LogP contribution < -0.4 is 53.6 Å². The first-order valence-corrected chi connectivity index (χ1v) is 20.7. The number of carboxylic acid groups (broad SMARTS) is 1. The molecule has 1 rings (SSSR count). The van der Waals surface area contributed by atoms with Gasteiger partial charge in [-0.05, 0) is 68.7 Å². The van der Waals surface area contributed by atoms with E-state index in [2.05, 4.69) is 36.4 Å². The van der Waals surface area contributed by atoms with Gasteiger partial charge in [-0.1, -0.05) is 26.0 Å². The van der Waals surface area contributed by atoms with Crippen molar-refractivity contribution in [1.29, 1.82) is 0 Å². The molecule has 0 fully saturated rings. The number of benzene rings is 1. The topological polar surface area (TPSA) is 411 Å². The van der Waals surface area contributed by atoms with Gasteiger partial charge in [0.05, 0.1) is 6.61 Å². The van der Waals surface area contributed by atoms with Crippen LogP contribution in [0.5, 0.6) is 5.75 Å². The van der Waals surface area contributed by atoms with E-state index in [9.17, 15) is 57.9 Å². The van der Waals surface area contributed by atoms with Crippen molar-refractivity contribution in [3.63, 3.8) is 0 Å². The number of primary amides is 2. The summed E-state index contributed by atoms with van der Waals surface area (Å²) in [6.45, 7) is 3.99. The van der Waals surface area contributed by atoms with Gasteiger partial charge in [0.1, 0.15) is 42.0 Å². The van der Waals surface area contributed by atoms with Crippen molar-refractivity contribution in [3.05, 3.63) is 29.8 Å². The van der Waals surface area contributed by atoms with E-state index in [1.54, 1.807) is 13.8 Å². The van der Waals surface area contributed by atoms with E-state index in [0.29, 0.717) is 18.4 Å². The number of unbranched alkanes of at least 4 members (excludes halogenated alkanes) is 1. The molecule has 342 valence electrons. The van der Waals surface area contributed by atoms with Crippen LogP contribution in [0.1, 0.15) is 77.7 Å². The summed E-state index contributed by atoms with van der Waals surface area (Å²) < 4.78 is 15.7. The van der Waals surface area contributed by atoms with Gasteiger partial charge in [0.2, 0.25) is 47.3 Å². The Hall–Kier alpha value is -5.68. The zero-order valence-electron chi connectivity index (χ0n) is 34.1. The first-order chi connectivity index (χ1) is 28.5. The molecule has 16 N–H and O–H groups in total. The number of carboxylic acids is 1. The molecule has 6 atom stereocenters. The van der Waals surface area contributed by atoms with Gasteiger partial charge in [0.25, 0.3) is 0 Å². The number of aliphatic hydroxyl groups is 1. The van der Waals surface area contributed by atoms with Crippen LogP contribution in [0.2, 0.25) is 0 Å². The molecule has 25 heteroatoms. The summed E-state index contributed by atoms with van der Waals surface area (Å²) in [5.41, 5.74) is 16.5.